The van der Waals surface area contributed by atoms with Gasteiger partial charge < -0.3 is 9.72 Å². The molecular formula is C8H10N2O2. The topological polar surface area (TPSA) is 55.0 Å². The Labute approximate surface area is 70.3 Å². The van der Waals surface area contributed by atoms with E-state index < -0.39 is 5.97 Å². The summed E-state index contributed by atoms with van der Waals surface area (Å²) in [6.45, 7) is 5.64. The number of nitrogens with one attached hydrogen (secondary N) is 1. The third-order valence-electron chi connectivity index (χ3n) is 1.31. The second-order valence-corrected chi connectivity index (χ2v) is 2.14. The van der Waals surface area contributed by atoms with Crippen LogP contribution in [0.1, 0.15) is 12.7 Å². The highest BCUT2D eigenvalue weighted by Gasteiger charge is 2.11. The summed E-state index contributed by atoms with van der Waals surface area (Å²) in [5, 5.41) is 0. The molecule has 0 fully saturated rings. The van der Waals surface area contributed by atoms with Crippen molar-refractivity contribution >= 4 is 11.5 Å². The lowest BCUT2D eigenvalue weighted by Gasteiger charge is -2.00. The van der Waals surface area contributed by atoms with Crippen molar-refractivity contribution < 1.29 is 9.53 Å². The Balaban J connectivity index is 2.66. The fourth-order valence-corrected chi connectivity index (χ4v) is 0.745. The van der Waals surface area contributed by atoms with E-state index in [4.69, 9.17) is 4.74 Å². The number of nitrogens with zero attached hydrogens (tertiary/aromatic N) is 1. The highest BCUT2D eigenvalue weighted by atomic mass is 16.5. The van der Waals surface area contributed by atoms with Crippen molar-refractivity contribution in [3.8, 4) is 0 Å². The molecule has 12 heavy (non-hydrogen) atoms. The summed E-state index contributed by atoms with van der Waals surface area (Å²) in [5.41, 5.74) is 0.252. The van der Waals surface area contributed by atoms with Gasteiger partial charge in [0.15, 0.2) is 0 Å². The summed E-state index contributed by atoms with van der Waals surface area (Å²) in [7, 11) is 0. The molecule has 1 N–H and O–H groups in total. The van der Waals surface area contributed by atoms with Crippen LogP contribution in [-0.4, -0.2) is 22.5 Å². The van der Waals surface area contributed by atoms with Crippen molar-refractivity contribution in [3.63, 3.8) is 0 Å². The van der Waals surface area contributed by atoms with Gasteiger partial charge in [-0.2, -0.15) is 0 Å². The first-order valence-corrected chi connectivity index (χ1v) is 3.61. The molecule has 4 nitrogen and oxygen atoms in total. The highest BCUT2D eigenvalue weighted by molar-refractivity contribution is 6.14. The molecule has 0 aliphatic carbocycles. The Hall–Kier alpha value is -1.58. The second-order valence-electron chi connectivity index (χ2n) is 2.14. The van der Waals surface area contributed by atoms with Crippen LogP contribution in [0.3, 0.4) is 0 Å². The minimum atomic E-state index is -0.438. The van der Waals surface area contributed by atoms with Crippen LogP contribution in [0, 0.1) is 0 Å². The lowest BCUT2D eigenvalue weighted by molar-refractivity contribution is -0.136. The third-order valence-corrected chi connectivity index (χ3v) is 1.31. The minimum Gasteiger partial charge on any atom is -0.462 e. The normalized spacial score (nSPS) is 9.42. The van der Waals surface area contributed by atoms with Gasteiger partial charge in [-0.05, 0) is 6.92 Å². The van der Waals surface area contributed by atoms with Crippen molar-refractivity contribution in [1.29, 1.82) is 0 Å². The van der Waals surface area contributed by atoms with Crippen LogP contribution < -0.4 is 0 Å². The number of carbonyl (C=O) groups excluding carboxylic acids is 1. The molecule has 0 radical (unpaired) electrons. The largest absolute Gasteiger partial charge is 0.462 e. The summed E-state index contributed by atoms with van der Waals surface area (Å²) in [5.74, 6) is 0.0147. The molecular weight excluding hydrogens is 156 g/mol. The number of hydrogen-bond acceptors (Lipinski definition) is 3. The van der Waals surface area contributed by atoms with E-state index in [1.807, 2.05) is 0 Å². The Morgan fingerprint density at radius 1 is 1.83 bits per heavy atom. The zero-order valence-corrected chi connectivity index (χ0v) is 6.83. The fraction of sp³-hybridized carbons (Fsp3) is 0.250. The highest BCUT2D eigenvalue weighted by Crippen LogP contribution is 2.07. The first-order valence-electron chi connectivity index (χ1n) is 3.61. The molecule has 1 heterocycles. The number of ether oxygens (including phenoxy) is 1. The van der Waals surface area contributed by atoms with E-state index in [2.05, 4.69) is 16.5 Å². The molecule has 1 aromatic rings. The maximum Gasteiger partial charge on any atom is 0.341 e. The lowest BCUT2D eigenvalue weighted by Crippen LogP contribution is -2.06. The van der Waals surface area contributed by atoms with Crippen molar-refractivity contribution in [3.05, 3.63) is 24.8 Å². The van der Waals surface area contributed by atoms with Crippen LogP contribution in [0.15, 0.2) is 19.0 Å². The van der Waals surface area contributed by atoms with Crippen LogP contribution in [-0.2, 0) is 9.53 Å². The quantitative estimate of drug-likeness (QED) is 0.538. The first kappa shape index (κ1) is 8.52. The van der Waals surface area contributed by atoms with Crippen LogP contribution in [0.5, 0.6) is 0 Å². The van der Waals surface area contributed by atoms with Gasteiger partial charge in [0.25, 0.3) is 0 Å². The van der Waals surface area contributed by atoms with Crippen molar-refractivity contribution in [2.45, 2.75) is 6.92 Å². The van der Waals surface area contributed by atoms with Gasteiger partial charge in [-0.1, -0.05) is 6.58 Å². The van der Waals surface area contributed by atoms with E-state index in [-0.39, 0.29) is 5.57 Å². The van der Waals surface area contributed by atoms with Gasteiger partial charge in [0.1, 0.15) is 5.82 Å². The SMILES string of the molecule is C=C(C(=O)OCC)c1ncc[nH]1. The number of hydrogen-bond donors (Lipinski definition) is 1. The molecule has 0 saturated carbocycles. The van der Waals surface area contributed by atoms with Gasteiger partial charge in [0.05, 0.1) is 12.2 Å². The van der Waals surface area contributed by atoms with Crippen LogP contribution in [0.2, 0.25) is 0 Å². The Morgan fingerprint density at radius 3 is 3.08 bits per heavy atom. The number of H-pyrrole nitrogens is 1. The molecule has 0 atom stereocenters. The molecule has 0 amide bonds. The molecule has 0 aliphatic rings. The van der Waals surface area contributed by atoms with Crippen LogP contribution in [0.4, 0.5) is 0 Å². The van der Waals surface area contributed by atoms with Gasteiger partial charge >= 0.3 is 5.97 Å². The van der Waals surface area contributed by atoms with E-state index >= 15 is 0 Å². The van der Waals surface area contributed by atoms with Crippen molar-refractivity contribution in [2.24, 2.45) is 0 Å². The van der Waals surface area contributed by atoms with Gasteiger partial charge in [0, 0.05) is 12.4 Å². The fourth-order valence-electron chi connectivity index (χ4n) is 0.745. The number of aromatic nitrogens is 2. The summed E-state index contributed by atoms with van der Waals surface area (Å²) in [6, 6.07) is 0. The van der Waals surface area contributed by atoms with Gasteiger partial charge in [-0.15, -0.1) is 0 Å². The second kappa shape index (κ2) is 3.71. The monoisotopic (exact) mass is 166 g/mol. The van der Waals surface area contributed by atoms with E-state index in [0.29, 0.717) is 12.4 Å². The molecule has 0 aliphatic heterocycles. The average molecular weight is 166 g/mol. The zero-order valence-electron chi connectivity index (χ0n) is 6.83. The summed E-state index contributed by atoms with van der Waals surface area (Å²) < 4.78 is 4.73. The number of aromatic amines is 1. The van der Waals surface area contributed by atoms with E-state index in [9.17, 15) is 4.79 Å². The zero-order chi connectivity index (χ0) is 8.97. The van der Waals surface area contributed by atoms with Crippen LogP contribution >= 0.6 is 0 Å². The Kier molecular flexibility index (Phi) is 2.63. The first-order chi connectivity index (χ1) is 5.75. The molecule has 0 saturated heterocycles. The predicted molar refractivity (Wildman–Crippen MR) is 44.3 cm³/mol. The van der Waals surface area contributed by atoms with Gasteiger partial charge in [0.2, 0.25) is 0 Å². The average Bonchev–Trinajstić information content (AvgIpc) is 2.55. The number of rotatable bonds is 3. The van der Waals surface area contributed by atoms with E-state index in [1.54, 1.807) is 19.3 Å². The van der Waals surface area contributed by atoms with Crippen molar-refractivity contribution in [2.75, 3.05) is 6.61 Å². The van der Waals surface area contributed by atoms with E-state index in [1.165, 1.54) is 0 Å². The molecule has 0 aromatic carbocycles. The van der Waals surface area contributed by atoms with Gasteiger partial charge in [-0.25, -0.2) is 9.78 Å². The molecule has 64 valence electrons. The molecule has 0 spiro atoms. The molecule has 1 aromatic heterocycles. The van der Waals surface area contributed by atoms with Crippen LogP contribution in [0.25, 0.3) is 5.57 Å². The number of esters is 1. The van der Waals surface area contributed by atoms with E-state index in [0.717, 1.165) is 0 Å². The van der Waals surface area contributed by atoms with Gasteiger partial charge in [-0.3, -0.25) is 0 Å². The number of carbonyl (C=O) groups is 1. The molecule has 4 heteroatoms. The maximum absolute atomic E-state index is 11.1. The molecule has 1 rings (SSSR count). The van der Waals surface area contributed by atoms with Crippen molar-refractivity contribution in [1.82, 2.24) is 9.97 Å². The third kappa shape index (κ3) is 1.72. The molecule has 0 unspecified atom stereocenters. The summed E-state index contributed by atoms with van der Waals surface area (Å²) in [4.78, 5) is 17.7. The minimum absolute atomic E-state index is 0.252. The number of imidazole rings is 1. The Morgan fingerprint density at radius 2 is 2.58 bits per heavy atom. The Bertz CT molecular complexity index is 277. The summed E-state index contributed by atoms with van der Waals surface area (Å²) >= 11 is 0. The maximum atomic E-state index is 11.1. The predicted octanol–water partition coefficient (Wildman–Crippen LogP) is 0.986. The molecule has 0 bridgehead atoms. The summed E-state index contributed by atoms with van der Waals surface area (Å²) in [6.07, 6.45) is 3.18. The smallest absolute Gasteiger partial charge is 0.341 e. The lowest BCUT2D eigenvalue weighted by atomic mass is 10.3. The standard InChI is InChI=1S/C8H10N2O2/c1-3-12-8(11)6(2)7-9-4-5-10-7/h4-5H,2-3H2,1H3,(H,9,10).